The lowest BCUT2D eigenvalue weighted by molar-refractivity contribution is 0.584. The molecule has 0 radical (unpaired) electrons. The van der Waals surface area contributed by atoms with Crippen molar-refractivity contribution in [3.8, 4) is 0 Å². The largest absolute Gasteiger partial charge is 0.356 e. The van der Waals surface area contributed by atoms with E-state index in [1.807, 2.05) is 30.4 Å². The smallest absolute Gasteiger partial charge is 0.191 e. The summed E-state index contributed by atoms with van der Waals surface area (Å²) in [5, 5.41) is 8.87. The van der Waals surface area contributed by atoms with Gasteiger partial charge in [-0.1, -0.05) is 11.8 Å². The van der Waals surface area contributed by atoms with Crippen LogP contribution in [0.5, 0.6) is 0 Å². The van der Waals surface area contributed by atoms with Crippen LogP contribution in [-0.4, -0.2) is 47.3 Å². The van der Waals surface area contributed by atoms with Gasteiger partial charge in [-0.2, -0.15) is 11.8 Å². The Labute approximate surface area is 140 Å². The topological polar surface area (TPSA) is 49.3 Å². The van der Waals surface area contributed by atoms with Crippen LogP contribution in [-0.2, 0) is 0 Å². The minimum Gasteiger partial charge on any atom is -0.356 e. The molecule has 1 aliphatic rings. The Morgan fingerprint density at radius 1 is 1.52 bits per heavy atom. The number of hydrogen-bond acceptors (Lipinski definition) is 5. The number of thiazole rings is 1. The van der Waals surface area contributed by atoms with Crippen molar-refractivity contribution in [2.45, 2.75) is 35.3 Å². The fourth-order valence-corrected chi connectivity index (χ4v) is 5.08. The maximum atomic E-state index is 4.30. The summed E-state index contributed by atoms with van der Waals surface area (Å²) < 4.78 is 1.53. The van der Waals surface area contributed by atoms with E-state index in [4.69, 9.17) is 0 Å². The molecule has 1 atom stereocenters. The third kappa shape index (κ3) is 6.08. The molecule has 1 aromatic rings. The Balaban J connectivity index is 1.57. The maximum absolute atomic E-state index is 4.30. The van der Waals surface area contributed by atoms with Gasteiger partial charge in [-0.3, -0.25) is 4.99 Å². The second kappa shape index (κ2) is 8.90. The van der Waals surface area contributed by atoms with E-state index in [1.54, 1.807) is 11.3 Å². The molecule has 2 rings (SSSR count). The van der Waals surface area contributed by atoms with E-state index in [1.165, 1.54) is 18.6 Å². The molecule has 1 aliphatic heterocycles. The highest BCUT2D eigenvalue weighted by Gasteiger charge is 2.29. The van der Waals surface area contributed by atoms with Gasteiger partial charge in [0.25, 0.3) is 0 Å². The Morgan fingerprint density at radius 3 is 3.10 bits per heavy atom. The third-order valence-corrected chi connectivity index (χ3v) is 6.99. The number of rotatable bonds is 7. The van der Waals surface area contributed by atoms with Crippen molar-refractivity contribution >= 4 is 40.8 Å². The molecular weight excluding hydrogens is 320 g/mol. The van der Waals surface area contributed by atoms with Gasteiger partial charge in [-0.05, 0) is 31.9 Å². The number of guanidine groups is 1. The second-order valence-electron chi connectivity index (χ2n) is 5.25. The van der Waals surface area contributed by atoms with Gasteiger partial charge in [-0.25, -0.2) is 4.98 Å². The second-order valence-corrected chi connectivity index (χ2v) is 9.17. The van der Waals surface area contributed by atoms with Crippen LogP contribution in [0.15, 0.2) is 20.9 Å². The lowest BCUT2D eigenvalue weighted by atomic mass is 10.1. The number of aliphatic imine (C=N–C) groups is 1. The zero-order chi connectivity index (χ0) is 15.0. The van der Waals surface area contributed by atoms with Gasteiger partial charge in [0.2, 0.25) is 0 Å². The zero-order valence-electron chi connectivity index (χ0n) is 12.7. The first-order valence-electron chi connectivity index (χ1n) is 7.33. The van der Waals surface area contributed by atoms with Gasteiger partial charge in [-0.15, -0.1) is 11.3 Å². The molecule has 7 heteroatoms. The molecule has 1 fully saturated rings. The highest BCUT2D eigenvalue weighted by molar-refractivity contribution is 8.01. The van der Waals surface area contributed by atoms with Crippen molar-refractivity contribution in [3.63, 3.8) is 0 Å². The summed E-state index contributed by atoms with van der Waals surface area (Å²) in [6.45, 7) is 4.28. The Morgan fingerprint density at radius 2 is 2.43 bits per heavy atom. The van der Waals surface area contributed by atoms with E-state index in [9.17, 15) is 0 Å². The highest BCUT2D eigenvalue weighted by Crippen LogP contribution is 2.36. The monoisotopic (exact) mass is 344 g/mol. The molecule has 0 bridgehead atoms. The van der Waals surface area contributed by atoms with E-state index in [0.717, 1.165) is 35.6 Å². The Hall–Kier alpha value is -0.400. The van der Waals surface area contributed by atoms with Gasteiger partial charge < -0.3 is 10.6 Å². The van der Waals surface area contributed by atoms with Crippen molar-refractivity contribution < 1.29 is 0 Å². The van der Waals surface area contributed by atoms with Crippen LogP contribution in [0.3, 0.4) is 0 Å². The minimum atomic E-state index is 0.373. The highest BCUT2D eigenvalue weighted by atomic mass is 32.2. The Kier molecular flexibility index (Phi) is 7.19. The van der Waals surface area contributed by atoms with Crippen LogP contribution in [0.2, 0.25) is 0 Å². The number of nitrogens with one attached hydrogen (secondary N) is 2. The summed E-state index contributed by atoms with van der Waals surface area (Å²) in [4.78, 5) is 8.56. The number of aromatic nitrogens is 1. The summed E-state index contributed by atoms with van der Waals surface area (Å²) >= 11 is 5.60. The lowest BCUT2D eigenvalue weighted by Crippen LogP contribution is -2.43. The van der Waals surface area contributed by atoms with E-state index in [-0.39, 0.29) is 0 Å². The third-order valence-electron chi connectivity index (χ3n) is 3.40. The average Bonchev–Trinajstić information content (AvgIpc) is 3.14. The summed E-state index contributed by atoms with van der Waals surface area (Å²) in [6, 6.07) is 0. The van der Waals surface area contributed by atoms with Gasteiger partial charge in [0, 0.05) is 42.2 Å². The van der Waals surface area contributed by atoms with Crippen LogP contribution >= 0.6 is 34.9 Å². The van der Waals surface area contributed by atoms with Crippen molar-refractivity contribution in [2.24, 2.45) is 4.99 Å². The first-order chi connectivity index (χ1) is 10.2. The summed E-state index contributed by atoms with van der Waals surface area (Å²) in [5.74, 6) is 3.30. The number of hydrogen-bond donors (Lipinski definition) is 2. The predicted molar refractivity (Wildman–Crippen MR) is 96.9 cm³/mol. The van der Waals surface area contributed by atoms with E-state index >= 15 is 0 Å². The van der Waals surface area contributed by atoms with Gasteiger partial charge >= 0.3 is 0 Å². The van der Waals surface area contributed by atoms with Crippen molar-refractivity contribution in [3.05, 3.63) is 11.6 Å². The molecule has 0 spiro atoms. The molecule has 4 nitrogen and oxygen atoms in total. The van der Waals surface area contributed by atoms with Gasteiger partial charge in [0.15, 0.2) is 5.96 Å². The summed E-state index contributed by atoms with van der Waals surface area (Å²) in [5.41, 5.74) is 0. The fraction of sp³-hybridized carbons (Fsp3) is 0.714. The molecule has 118 valence electrons. The summed E-state index contributed by atoms with van der Waals surface area (Å²) in [7, 11) is 1.84. The van der Waals surface area contributed by atoms with Crippen molar-refractivity contribution in [2.75, 3.05) is 31.6 Å². The molecule has 1 aromatic heterocycles. The fourth-order valence-electron chi connectivity index (χ4n) is 2.19. The van der Waals surface area contributed by atoms with Crippen LogP contribution in [0.25, 0.3) is 0 Å². The molecule has 1 saturated heterocycles. The molecule has 2 N–H and O–H groups in total. The molecule has 0 saturated carbocycles. The van der Waals surface area contributed by atoms with Crippen molar-refractivity contribution in [1.29, 1.82) is 0 Å². The van der Waals surface area contributed by atoms with Crippen LogP contribution in [0.1, 0.15) is 26.2 Å². The van der Waals surface area contributed by atoms with Crippen molar-refractivity contribution in [1.82, 2.24) is 15.6 Å². The molecular formula is C14H24N4S3. The normalized spacial score (nSPS) is 22.5. The molecule has 0 amide bonds. The predicted octanol–water partition coefficient (Wildman–Crippen LogP) is 3.08. The van der Waals surface area contributed by atoms with Gasteiger partial charge in [0.1, 0.15) is 4.34 Å². The van der Waals surface area contributed by atoms with E-state index in [0.29, 0.717) is 4.75 Å². The molecule has 1 unspecified atom stereocenters. The number of nitrogens with zero attached hydrogens (tertiary/aromatic N) is 2. The van der Waals surface area contributed by atoms with Gasteiger partial charge in [0.05, 0.1) is 0 Å². The molecule has 21 heavy (non-hydrogen) atoms. The lowest BCUT2D eigenvalue weighted by Gasteiger charge is -2.24. The first kappa shape index (κ1) is 17.0. The van der Waals surface area contributed by atoms with E-state index < -0.39 is 0 Å². The SMILES string of the molecule is CN=C(NCCCSc1nccs1)NCC1(C)CCCS1. The molecule has 0 aliphatic carbocycles. The maximum Gasteiger partial charge on any atom is 0.191 e. The minimum absolute atomic E-state index is 0.373. The van der Waals surface area contributed by atoms with Crippen LogP contribution in [0, 0.1) is 0 Å². The first-order valence-corrected chi connectivity index (χ1v) is 10.2. The quantitative estimate of drug-likeness (QED) is 0.344. The molecule has 0 aromatic carbocycles. The molecule has 2 heterocycles. The summed E-state index contributed by atoms with van der Waals surface area (Å²) in [6.07, 6.45) is 5.60. The number of thioether (sulfide) groups is 2. The van der Waals surface area contributed by atoms with Crippen LogP contribution in [0.4, 0.5) is 0 Å². The zero-order valence-corrected chi connectivity index (χ0v) is 15.2. The Bertz CT molecular complexity index is 427. The standard InChI is InChI=1S/C14H24N4S3/c1-14(5-3-9-21-14)11-18-12(15-2)16-6-4-8-19-13-17-7-10-20-13/h7,10H,3-6,8-9,11H2,1-2H3,(H2,15,16,18). The van der Waals surface area contributed by atoms with E-state index in [2.05, 4.69) is 39.3 Å². The van der Waals surface area contributed by atoms with Crippen LogP contribution < -0.4 is 10.6 Å². The average molecular weight is 345 g/mol.